The molecule has 0 spiro atoms. The summed E-state index contributed by atoms with van der Waals surface area (Å²) in [5.74, 6) is -0.946. The van der Waals surface area contributed by atoms with Crippen LogP contribution in [-0.2, 0) is 17.4 Å². The first kappa shape index (κ1) is 18.0. The van der Waals surface area contributed by atoms with Gasteiger partial charge < -0.3 is 9.67 Å². The number of hydrogen-bond acceptors (Lipinski definition) is 2. The zero-order chi connectivity index (χ0) is 19.1. The number of nitrogens with zero attached hydrogens (tertiary/aromatic N) is 2. The molecule has 0 saturated carbocycles. The van der Waals surface area contributed by atoms with Crippen LogP contribution in [0.5, 0.6) is 0 Å². The third kappa shape index (κ3) is 3.16. The van der Waals surface area contributed by atoms with Crippen molar-refractivity contribution >= 4 is 17.0 Å². The minimum atomic E-state index is -4.38. The summed E-state index contributed by atoms with van der Waals surface area (Å²) in [7, 11) is 0. The van der Waals surface area contributed by atoms with Crippen LogP contribution >= 0.6 is 0 Å². The standard InChI is InChI=1S/C19H17F3N2O2/c1-11(13-5-7-14(8-6-13)19(20,21)22)24-12(2)16(10-17(25)26)15-4-3-9-23-18(15)24/h3-9,11H,10H2,1-2H3,(H,25,26). The van der Waals surface area contributed by atoms with Gasteiger partial charge in [-0.2, -0.15) is 13.2 Å². The number of aromatic nitrogens is 2. The van der Waals surface area contributed by atoms with E-state index in [4.69, 9.17) is 0 Å². The fourth-order valence-corrected chi connectivity index (χ4v) is 3.27. The van der Waals surface area contributed by atoms with Crippen molar-refractivity contribution in [2.24, 2.45) is 0 Å². The highest BCUT2D eigenvalue weighted by Crippen LogP contribution is 2.33. The Morgan fingerprint density at radius 2 is 1.88 bits per heavy atom. The Hall–Kier alpha value is -2.83. The molecule has 2 heterocycles. The molecule has 0 fully saturated rings. The van der Waals surface area contributed by atoms with Crippen LogP contribution in [-0.4, -0.2) is 20.6 Å². The summed E-state index contributed by atoms with van der Waals surface area (Å²) in [4.78, 5) is 15.6. The molecule has 0 bridgehead atoms. The van der Waals surface area contributed by atoms with Crippen molar-refractivity contribution in [2.45, 2.75) is 32.5 Å². The number of fused-ring (bicyclic) bond motifs is 1. The number of carbonyl (C=O) groups is 1. The first-order valence-electron chi connectivity index (χ1n) is 8.03. The molecule has 1 aromatic carbocycles. The minimum Gasteiger partial charge on any atom is -0.481 e. The average molecular weight is 362 g/mol. The van der Waals surface area contributed by atoms with E-state index in [1.165, 1.54) is 12.1 Å². The van der Waals surface area contributed by atoms with Crippen molar-refractivity contribution in [3.05, 3.63) is 65.0 Å². The molecule has 1 unspecified atom stereocenters. The van der Waals surface area contributed by atoms with E-state index in [9.17, 15) is 23.1 Å². The number of carboxylic acid groups (broad SMARTS) is 1. The van der Waals surface area contributed by atoms with Crippen LogP contribution < -0.4 is 0 Å². The molecule has 0 saturated heterocycles. The van der Waals surface area contributed by atoms with Gasteiger partial charge in [-0.3, -0.25) is 4.79 Å². The van der Waals surface area contributed by atoms with Gasteiger partial charge in [0.2, 0.25) is 0 Å². The third-order valence-electron chi connectivity index (χ3n) is 4.57. The lowest BCUT2D eigenvalue weighted by molar-refractivity contribution is -0.138. The molecule has 0 amide bonds. The van der Waals surface area contributed by atoms with Crippen LogP contribution in [0.3, 0.4) is 0 Å². The number of pyridine rings is 1. The Morgan fingerprint density at radius 1 is 1.23 bits per heavy atom. The molecule has 3 aromatic rings. The molecule has 4 nitrogen and oxygen atoms in total. The normalized spacial score (nSPS) is 13.1. The van der Waals surface area contributed by atoms with Gasteiger partial charge in [0.1, 0.15) is 5.65 Å². The highest BCUT2D eigenvalue weighted by atomic mass is 19.4. The number of aliphatic carboxylic acids is 1. The maximum absolute atomic E-state index is 12.8. The third-order valence-corrected chi connectivity index (χ3v) is 4.57. The fourth-order valence-electron chi connectivity index (χ4n) is 3.27. The monoisotopic (exact) mass is 362 g/mol. The quantitative estimate of drug-likeness (QED) is 0.738. The summed E-state index contributed by atoms with van der Waals surface area (Å²) in [5, 5.41) is 9.93. The molecule has 0 aliphatic heterocycles. The molecular formula is C19H17F3N2O2. The average Bonchev–Trinajstić information content (AvgIpc) is 2.85. The van der Waals surface area contributed by atoms with Crippen LogP contribution in [0, 0.1) is 6.92 Å². The van der Waals surface area contributed by atoms with Gasteiger partial charge in [-0.25, -0.2) is 4.98 Å². The highest BCUT2D eigenvalue weighted by molar-refractivity contribution is 5.86. The van der Waals surface area contributed by atoms with E-state index in [0.717, 1.165) is 23.2 Å². The Labute approximate surface area is 147 Å². The van der Waals surface area contributed by atoms with Crippen LogP contribution in [0.15, 0.2) is 42.6 Å². The Bertz CT molecular complexity index is 959. The van der Waals surface area contributed by atoms with Gasteiger partial charge in [0.05, 0.1) is 18.0 Å². The number of halogens is 3. The van der Waals surface area contributed by atoms with Crippen LogP contribution in [0.25, 0.3) is 11.0 Å². The van der Waals surface area contributed by atoms with Crippen molar-refractivity contribution in [1.29, 1.82) is 0 Å². The fraction of sp³-hybridized carbons (Fsp3) is 0.263. The molecule has 1 atom stereocenters. The second kappa shape index (κ2) is 6.48. The first-order chi connectivity index (χ1) is 12.2. The largest absolute Gasteiger partial charge is 0.481 e. The second-order valence-corrected chi connectivity index (χ2v) is 6.17. The van der Waals surface area contributed by atoms with E-state index in [0.29, 0.717) is 16.8 Å². The van der Waals surface area contributed by atoms with Gasteiger partial charge in [-0.05, 0) is 49.2 Å². The van der Waals surface area contributed by atoms with E-state index < -0.39 is 17.7 Å². The van der Waals surface area contributed by atoms with Crippen molar-refractivity contribution in [3.63, 3.8) is 0 Å². The van der Waals surface area contributed by atoms with Crippen LogP contribution in [0.2, 0.25) is 0 Å². The summed E-state index contributed by atoms with van der Waals surface area (Å²) >= 11 is 0. The molecule has 7 heteroatoms. The van der Waals surface area contributed by atoms with E-state index >= 15 is 0 Å². The molecule has 136 valence electrons. The van der Waals surface area contributed by atoms with Crippen LogP contribution in [0.4, 0.5) is 13.2 Å². The Morgan fingerprint density at radius 3 is 2.46 bits per heavy atom. The molecule has 2 aromatic heterocycles. The van der Waals surface area contributed by atoms with Gasteiger partial charge in [-0.1, -0.05) is 12.1 Å². The van der Waals surface area contributed by atoms with Crippen molar-refractivity contribution in [2.75, 3.05) is 0 Å². The summed E-state index contributed by atoms with van der Waals surface area (Å²) in [6.07, 6.45) is -2.91. The van der Waals surface area contributed by atoms with Crippen molar-refractivity contribution < 1.29 is 23.1 Å². The Balaban J connectivity index is 2.10. The van der Waals surface area contributed by atoms with Crippen molar-refractivity contribution in [1.82, 2.24) is 9.55 Å². The molecule has 0 radical (unpaired) electrons. The maximum Gasteiger partial charge on any atom is 0.416 e. The lowest BCUT2D eigenvalue weighted by atomic mass is 10.1. The van der Waals surface area contributed by atoms with E-state index in [2.05, 4.69) is 4.98 Å². The van der Waals surface area contributed by atoms with E-state index in [1.807, 2.05) is 17.6 Å². The second-order valence-electron chi connectivity index (χ2n) is 6.17. The highest BCUT2D eigenvalue weighted by Gasteiger charge is 2.30. The summed E-state index contributed by atoms with van der Waals surface area (Å²) in [6.45, 7) is 3.66. The maximum atomic E-state index is 12.8. The van der Waals surface area contributed by atoms with Gasteiger partial charge in [-0.15, -0.1) is 0 Å². The molecule has 0 aliphatic carbocycles. The lowest BCUT2D eigenvalue weighted by Crippen LogP contribution is -2.11. The molecule has 0 aliphatic rings. The predicted octanol–water partition coefficient (Wildman–Crippen LogP) is 4.60. The van der Waals surface area contributed by atoms with Crippen LogP contribution in [0.1, 0.15) is 35.3 Å². The first-order valence-corrected chi connectivity index (χ1v) is 8.03. The topological polar surface area (TPSA) is 55.1 Å². The van der Waals surface area contributed by atoms with Gasteiger partial charge >= 0.3 is 12.1 Å². The van der Waals surface area contributed by atoms with E-state index in [-0.39, 0.29) is 12.5 Å². The van der Waals surface area contributed by atoms with Gasteiger partial charge in [0.25, 0.3) is 0 Å². The zero-order valence-electron chi connectivity index (χ0n) is 14.2. The minimum absolute atomic E-state index is 0.138. The lowest BCUT2D eigenvalue weighted by Gasteiger charge is -2.18. The number of benzene rings is 1. The number of hydrogen-bond donors (Lipinski definition) is 1. The number of rotatable bonds is 4. The Kier molecular flexibility index (Phi) is 4.48. The molecular weight excluding hydrogens is 345 g/mol. The summed E-state index contributed by atoms with van der Waals surface area (Å²) in [5.41, 5.74) is 2.01. The molecule has 1 N–H and O–H groups in total. The smallest absolute Gasteiger partial charge is 0.416 e. The summed E-state index contributed by atoms with van der Waals surface area (Å²) in [6, 6.07) is 8.25. The molecule has 3 rings (SSSR count). The van der Waals surface area contributed by atoms with Gasteiger partial charge in [0.15, 0.2) is 0 Å². The zero-order valence-corrected chi connectivity index (χ0v) is 14.2. The number of carboxylic acids is 1. The SMILES string of the molecule is Cc1c(CC(=O)O)c2cccnc2n1C(C)c1ccc(C(F)(F)F)cc1. The number of alkyl halides is 3. The van der Waals surface area contributed by atoms with Gasteiger partial charge in [0, 0.05) is 17.3 Å². The molecule has 26 heavy (non-hydrogen) atoms. The summed E-state index contributed by atoms with van der Waals surface area (Å²) < 4.78 is 40.2. The predicted molar refractivity (Wildman–Crippen MR) is 91.1 cm³/mol. The van der Waals surface area contributed by atoms with Crippen molar-refractivity contribution in [3.8, 4) is 0 Å². The van der Waals surface area contributed by atoms with E-state index in [1.54, 1.807) is 19.2 Å².